The van der Waals surface area contributed by atoms with Crippen molar-refractivity contribution < 1.29 is 13.9 Å². The first-order chi connectivity index (χ1) is 13.2. The fourth-order valence-corrected chi connectivity index (χ4v) is 3.00. The number of imidazole rings is 1. The highest BCUT2D eigenvalue weighted by molar-refractivity contribution is 5.77. The zero-order valence-electron chi connectivity index (χ0n) is 15.9. The van der Waals surface area contributed by atoms with Gasteiger partial charge in [-0.3, -0.25) is 14.2 Å². The molecule has 0 saturated carbocycles. The van der Waals surface area contributed by atoms with Gasteiger partial charge in [-0.2, -0.15) is 0 Å². The van der Waals surface area contributed by atoms with Crippen molar-refractivity contribution in [2.75, 3.05) is 7.11 Å². The van der Waals surface area contributed by atoms with Gasteiger partial charge in [-0.25, -0.2) is 18.7 Å². The van der Waals surface area contributed by atoms with E-state index in [4.69, 9.17) is 4.74 Å². The van der Waals surface area contributed by atoms with Gasteiger partial charge in [0.05, 0.1) is 19.5 Å². The summed E-state index contributed by atoms with van der Waals surface area (Å²) >= 11 is 0. The maximum Gasteiger partial charge on any atom is 0.332 e. The number of fused-ring (bicyclic) bond motifs is 1. The number of aryl methyl sites for hydroxylation is 2. The van der Waals surface area contributed by atoms with Crippen molar-refractivity contribution in [3.63, 3.8) is 0 Å². The first kappa shape index (κ1) is 19.3. The first-order valence-corrected chi connectivity index (χ1v) is 8.48. The van der Waals surface area contributed by atoms with Crippen molar-refractivity contribution in [1.29, 1.82) is 0 Å². The lowest BCUT2D eigenvalue weighted by atomic mass is 10.1. The number of hydrogen-bond donors (Lipinski definition) is 1. The van der Waals surface area contributed by atoms with E-state index in [1.54, 1.807) is 20.0 Å². The molecule has 9 nitrogen and oxygen atoms in total. The third kappa shape index (κ3) is 3.28. The van der Waals surface area contributed by atoms with Crippen LogP contribution in [0.4, 0.5) is 4.39 Å². The maximum absolute atomic E-state index is 13.9. The van der Waals surface area contributed by atoms with Crippen molar-refractivity contribution in [2.45, 2.75) is 19.5 Å². The second kappa shape index (κ2) is 7.29. The average molecular weight is 389 g/mol. The van der Waals surface area contributed by atoms with E-state index < -0.39 is 35.6 Å². The number of hydrogen-bond acceptors (Lipinski definition) is 5. The van der Waals surface area contributed by atoms with Gasteiger partial charge in [-0.05, 0) is 24.6 Å². The van der Waals surface area contributed by atoms with E-state index >= 15 is 0 Å². The Balaban J connectivity index is 1.85. The number of amides is 1. The van der Waals surface area contributed by atoms with Gasteiger partial charge in [0, 0.05) is 14.1 Å². The Morgan fingerprint density at radius 1 is 1.32 bits per heavy atom. The molecule has 0 saturated heterocycles. The van der Waals surface area contributed by atoms with Gasteiger partial charge >= 0.3 is 5.69 Å². The van der Waals surface area contributed by atoms with Gasteiger partial charge < -0.3 is 14.6 Å². The minimum absolute atomic E-state index is 0.0989. The number of ether oxygens (including phenoxy) is 1. The highest BCUT2D eigenvalue weighted by Gasteiger charge is 2.18. The van der Waals surface area contributed by atoms with Gasteiger partial charge in [0.25, 0.3) is 5.56 Å². The number of rotatable bonds is 5. The molecule has 0 aliphatic carbocycles. The molecule has 0 bridgehead atoms. The van der Waals surface area contributed by atoms with Gasteiger partial charge in [0.15, 0.2) is 22.7 Å². The topological polar surface area (TPSA) is 100 Å². The molecule has 1 amide bonds. The number of halogens is 1. The number of carbonyl (C=O) groups is 1. The van der Waals surface area contributed by atoms with Crippen molar-refractivity contribution in [1.82, 2.24) is 24.0 Å². The third-order valence-corrected chi connectivity index (χ3v) is 4.56. The molecule has 0 radical (unpaired) electrons. The molecule has 1 N–H and O–H groups in total. The third-order valence-electron chi connectivity index (χ3n) is 4.56. The number of benzene rings is 1. The van der Waals surface area contributed by atoms with Crippen molar-refractivity contribution >= 4 is 17.1 Å². The summed E-state index contributed by atoms with van der Waals surface area (Å²) < 4.78 is 22.3. The number of aromatic nitrogens is 4. The summed E-state index contributed by atoms with van der Waals surface area (Å²) in [6.45, 7) is 1.21. The van der Waals surface area contributed by atoms with Crippen LogP contribution in [-0.2, 0) is 25.4 Å². The summed E-state index contributed by atoms with van der Waals surface area (Å²) in [5.41, 5.74) is -0.253. The van der Waals surface area contributed by atoms with Crippen molar-refractivity contribution in [2.24, 2.45) is 14.1 Å². The molecule has 10 heteroatoms. The number of nitrogens with one attached hydrogen (secondary N) is 1. The maximum atomic E-state index is 13.9. The van der Waals surface area contributed by atoms with Crippen LogP contribution in [0, 0.1) is 5.82 Å². The molecular formula is C18H20FN5O4. The molecular weight excluding hydrogens is 369 g/mol. The molecule has 3 aromatic rings. The van der Waals surface area contributed by atoms with E-state index in [0.717, 1.165) is 4.57 Å². The Labute approximate surface area is 159 Å². The predicted molar refractivity (Wildman–Crippen MR) is 99.7 cm³/mol. The zero-order chi connectivity index (χ0) is 20.6. The van der Waals surface area contributed by atoms with E-state index in [2.05, 4.69) is 10.3 Å². The molecule has 0 fully saturated rings. The molecule has 0 spiro atoms. The molecule has 1 aromatic carbocycles. The molecule has 28 heavy (non-hydrogen) atoms. The molecule has 3 rings (SSSR count). The number of carbonyl (C=O) groups excluding carboxylic acids is 1. The Morgan fingerprint density at radius 3 is 2.68 bits per heavy atom. The fraction of sp³-hybridized carbons (Fsp3) is 0.333. The van der Waals surface area contributed by atoms with E-state index in [0.29, 0.717) is 5.56 Å². The lowest BCUT2D eigenvalue weighted by Gasteiger charge is -2.16. The minimum Gasteiger partial charge on any atom is -0.494 e. The lowest BCUT2D eigenvalue weighted by molar-refractivity contribution is -0.122. The highest BCUT2D eigenvalue weighted by atomic mass is 19.1. The summed E-state index contributed by atoms with van der Waals surface area (Å²) in [5.74, 6) is -1.00. The van der Waals surface area contributed by atoms with Gasteiger partial charge in [-0.15, -0.1) is 0 Å². The van der Waals surface area contributed by atoms with E-state index in [1.807, 2.05) is 0 Å². The van der Waals surface area contributed by atoms with Gasteiger partial charge in [0.1, 0.15) is 6.54 Å². The first-order valence-electron chi connectivity index (χ1n) is 8.48. The largest absolute Gasteiger partial charge is 0.494 e. The Morgan fingerprint density at radius 2 is 2.04 bits per heavy atom. The van der Waals surface area contributed by atoms with Crippen LogP contribution in [0.3, 0.4) is 0 Å². The summed E-state index contributed by atoms with van der Waals surface area (Å²) in [7, 11) is 4.47. The summed E-state index contributed by atoms with van der Waals surface area (Å²) in [6.07, 6.45) is 1.43. The zero-order valence-corrected chi connectivity index (χ0v) is 15.9. The fourth-order valence-electron chi connectivity index (χ4n) is 3.00. The molecule has 2 heterocycles. The van der Waals surface area contributed by atoms with Crippen LogP contribution in [0.25, 0.3) is 11.2 Å². The molecule has 0 aliphatic heterocycles. The SMILES string of the molecule is COc1ccc([C@@H](C)NC(=O)Cn2c(=O)c3c(ncn3C)n(C)c2=O)cc1F. The van der Waals surface area contributed by atoms with Crippen molar-refractivity contribution in [3.8, 4) is 5.75 Å². The quantitative estimate of drug-likeness (QED) is 0.683. The standard InChI is InChI=1S/C18H20FN5O4/c1-10(11-5-6-13(28-4)12(19)7-11)21-14(25)8-24-17(26)15-16(20-9-22(15)2)23(3)18(24)27/h5-7,9-10H,8H2,1-4H3,(H,21,25)/t10-/m1/s1. The highest BCUT2D eigenvalue weighted by Crippen LogP contribution is 2.21. The molecule has 1 atom stereocenters. The second-order valence-corrected chi connectivity index (χ2v) is 6.44. The van der Waals surface area contributed by atoms with Crippen LogP contribution in [0.1, 0.15) is 18.5 Å². The van der Waals surface area contributed by atoms with E-state index in [-0.39, 0.29) is 16.9 Å². The van der Waals surface area contributed by atoms with Crippen LogP contribution in [0.15, 0.2) is 34.1 Å². The Hall–Kier alpha value is -3.43. The normalized spacial score (nSPS) is 12.2. The minimum atomic E-state index is -0.644. The van der Waals surface area contributed by atoms with Crippen LogP contribution in [-0.4, -0.2) is 31.7 Å². The Kier molecular flexibility index (Phi) is 5.04. The van der Waals surface area contributed by atoms with Gasteiger partial charge in [-0.1, -0.05) is 6.07 Å². The van der Waals surface area contributed by atoms with E-state index in [1.165, 1.54) is 41.8 Å². The summed E-state index contributed by atoms with van der Waals surface area (Å²) in [6, 6.07) is 3.81. The van der Waals surface area contributed by atoms with Crippen LogP contribution < -0.4 is 21.3 Å². The number of nitrogens with zero attached hydrogens (tertiary/aromatic N) is 4. The molecule has 148 valence electrons. The summed E-state index contributed by atoms with van der Waals surface area (Å²) in [5, 5.41) is 2.66. The van der Waals surface area contributed by atoms with E-state index in [9.17, 15) is 18.8 Å². The number of methoxy groups -OCH3 is 1. The van der Waals surface area contributed by atoms with Crippen LogP contribution in [0.2, 0.25) is 0 Å². The second-order valence-electron chi connectivity index (χ2n) is 6.44. The van der Waals surface area contributed by atoms with Crippen molar-refractivity contribution in [3.05, 3.63) is 56.7 Å². The lowest BCUT2D eigenvalue weighted by Crippen LogP contribution is -2.43. The Bertz CT molecular complexity index is 1180. The smallest absolute Gasteiger partial charge is 0.332 e. The molecule has 0 aliphatic rings. The van der Waals surface area contributed by atoms with Gasteiger partial charge in [0.2, 0.25) is 5.91 Å². The molecule has 0 unspecified atom stereocenters. The predicted octanol–water partition coefficient (Wildman–Crippen LogP) is 0.459. The van der Waals surface area contributed by atoms with Crippen LogP contribution in [0.5, 0.6) is 5.75 Å². The molecule has 2 aromatic heterocycles. The average Bonchev–Trinajstić information content (AvgIpc) is 3.05. The monoisotopic (exact) mass is 389 g/mol. The van der Waals surface area contributed by atoms with Crippen LogP contribution >= 0.6 is 0 Å². The summed E-state index contributed by atoms with van der Waals surface area (Å²) in [4.78, 5) is 41.5.